The zero-order valence-corrected chi connectivity index (χ0v) is 19.7. The number of methoxy groups -OCH3 is 1. The van der Waals surface area contributed by atoms with Gasteiger partial charge in [0.1, 0.15) is 5.75 Å². The number of benzene rings is 2. The Labute approximate surface area is 199 Å². The minimum atomic E-state index is -0.547. The van der Waals surface area contributed by atoms with Crippen molar-refractivity contribution in [3.63, 3.8) is 0 Å². The van der Waals surface area contributed by atoms with Crippen molar-refractivity contribution in [2.75, 3.05) is 7.11 Å². The molecule has 0 aliphatic heterocycles. The zero-order chi connectivity index (χ0) is 25.1. The van der Waals surface area contributed by atoms with Gasteiger partial charge in [0.25, 0.3) is 11.8 Å². The predicted molar refractivity (Wildman–Crippen MR) is 136 cm³/mol. The number of hydrogen-bond acceptors (Lipinski definition) is 5. The summed E-state index contributed by atoms with van der Waals surface area (Å²) in [5.74, 6) is -0.976. The third kappa shape index (κ3) is 8.99. The lowest BCUT2D eigenvalue weighted by atomic mass is 9.86. The van der Waals surface area contributed by atoms with E-state index in [4.69, 9.17) is 16.2 Å². The molecule has 0 unspecified atom stereocenters. The molecule has 0 heterocycles. The fraction of sp³-hybridized carbons (Fsp3) is 0.200. The summed E-state index contributed by atoms with van der Waals surface area (Å²) in [5, 5.41) is 12.1. The average molecular weight is 463 g/mol. The van der Waals surface area contributed by atoms with E-state index in [0.29, 0.717) is 5.75 Å². The normalized spacial score (nSPS) is 11.9. The van der Waals surface area contributed by atoms with Gasteiger partial charge in [0, 0.05) is 12.2 Å². The molecule has 178 valence electrons. The second-order valence-corrected chi connectivity index (χ2v) is 8.27. The SMILES string of the molecule is COc1cccc(C=CC(=O)NC(=NN=C(N)N)NC(=O)C=Cc2cccc(C(C)(C)C)c2)c1. The van der Waals surface area contributed by atoms with Gasteiger partial charge in [-0.2, -0.15) is 0 Å². The van der Waals surface area contributed by atoms with Crippen LogP contribution in [0.2, 0.25) is 0 Å². The van der Waals surface area contributed by atoms with Crippen LogP contribution in [0.3, 0.4) is 0 Å². The summed E-state index contributed by atoms with van der Waals surface area (Å²) in [6.07, 6.45) is 5.85. The van der Waals surface area contributed by atoms with Crippen LogP contribution in [-0.4, -0.2) is 30.8 Å². The summed E-state index contributed by atoms with van der Waals surface area (Å²) >= 11 is 0. The smallest absolute Gasteiger partial charge is 0.250 e. The van der Waals surface area contributed by atoms with E-state index >= 15 is 0 Å². The Morgan fingerprint density at radius 2 is 1.44 bits per heavy atom. The molecule has 34 heavy (non-hydrogen) atoms. The fourth-order valence-electron chi connectivity index (χ4n) is 2.70. The Bertz CT molecular complexity index is 1140. The number of carbonyl (C=O) groups is 2. The van der Waals surface area contributed by atoms with Gasteiger partial charge in [0.2, 0.25) is 11.9 Å². The summed E-state index contributed by atoms with van der Waals surface area (Å²) < 4.78 is 5.16. The van der Waals surface area contributed by atoms with Crippen molar-refractivity contribution in [2.45, 2.75) is 26.2 Å². The van der Waals surface area contributed by atoms with Crippen molar-refractivity contribution in [3.05, 3.63) is 77.4 Å². The summed E-state index contributed by atoms with van der Waals surface area (Å²) in [5.41, 5.74) is 13.3. The molecule has 9 heteroatoms. The van der Waals surface area contributed by atoms with Gasteiger partial charge < -0.3 is 16.2 Å². The molecule has 6 N–H and O–H groups in total. The van der Waals surface area contributed by atoms with Crippen LogP contribution in [-0.2, 0) is 15.0 Å². The van der Waals surface area contributed by atoms with Gasteiger partial charge >= 0.3 is 0 Å². The third-order valence-corrected chi connectivity index (χ3v) is 4.45. The van der Waals surface area contributed by atoms with Crippen LogP contribution in [0, 0.1) is 0 Å². The fourth-order valence-corrected chi connectivity index (χ4v) is 2.70. The Morgan fingerprint density at radius 1 is 0.882 bits per heavy atom. The highest BCUT2D eigenvalue weighted by molar-refractivity contribution is 6.11. The number of carbonyl (C=O) groups excluding carboxylic acids is 2. The van der Waals surface area contributed by atoms with E-state index in [2.05, 4.69) is 41.6 Å². The highest BCUT2D eigenvalue weighted by Crippen LogP contribution is 2.23. The Balaban J connectivity index is 2.09. The Kier molecular flexibility index (Phi) is 9.13. The van der Waals surface area contributed by atoms with Crippen molar-refractivity contribution in [3.8, 4) is 5.75 Å². The first-order chi connectivity index (χ1) is 16.1. The molecule has 0 saturated heterocycles. The maximum absolute atomic E-state index is 12.4. The maximum Gasteiger partial charge on any atom is 0.250 e. The van der Waals surface area contributed by atoms with Crippen LogP contribution >= 0.6 is 0 Å². The number of nitrogens with one attached hydrogen (secondary N) is 2. The van der Waals surface area contributed by atoms with Crippen LogP contribution < -0.4 is 26.8 Å². The van der Waals surface area contributed by atoms with Crippen LogP contribution in [0.5, 0.6) is 5.75 Å². The molecule has 2 aromatic carbocycles. The monoisotopic (exact) mass is 462 g/mol. The number of nitrogens with zero attached hydrogens (tertiary/aromatic N) is 2. The number of nitrogens with two attached hydrogens (primary N) is 2. The average Bonchev–Trinajstić information content (AvgIpc) is 2.79. The number of rotatable bonds is 6. The zero-order valence-electron chi connectivity index (χ0n) is 19.7. The lowest BCUT2D eigenvalue weighted by Gasteiger charge is -2.19. The number of amides is 2. The molecular formula is C25H30N6O3. The second kappa shape index (κ2) is 12.0. The summed E-state index contributed by atoms with van der Waals surface area (Å²) in [4.78, 5) is 24.7. The van der Waals surface area contributed by atoms with E-state index in [9.17, 15) is 9.59 Å². The van der Waals surface area contributed by atoms with Crippen molar-refractivity contribution in [2.24, 2.45) is 21.7 Å². The largest absolute Gasteiger partial charge is 0.497 e. The first kappa shape index (κ1) is 25.9. The van der Waals surface area contributed by atoms with Crippen LogP contribution in [0.4, 0.5) is 0 Å². The summed E-state index contributed by atoms with van der Waals surface area (Å²) in [6.45, 7) is 6.33. The van der Waals surface area contributed by atoms with E-state index in [1.807, 2.05) is 30.3 Å². The molecule has 0 saturated carbocycles. The second-order valence-electron chi connectivity index (χ2n) is 8.27. The molecular weight excluding hydrogens is 432 g/mol. The van der Waals surface area contributed by atoms with E-state index < -0.39 is 11.8 Å². The maximum atomic E-state index is 12.4. The first-order valence-corrected chi connectivity index (χ1v) is 10.5. The molecule has 2 aromatic rings. The van der Waals surface area contributed by atoms with Gasteiger partial charge in [-0.1, -0.05) is 57.2 Å². The van der Waals surface area contributed by atoms with Crippen LogP contribution in [0.25, 0.3) is 12.2 Å². The van der Waals surface area contributed by atoms with Gasteiger partial charge in [0.05, 0.1) is 7.11 Å². The number of guanidine groups is 2. The lowest BCUT2D eigenvalue weighted by molar-refractivity contribution is -0.115. The van der Waals surface area contributed by atoms with Crippen LogP contribution in [0.15, 0.2) is 70.9 Å². The molecule has 0 aliphatic carbocycles. The molecule has 0 atom stereocenters. The van der Waals surface area contributed by atoms with E-state index in [-0.39, 0.29) is 17.3 Å². The summed E-state index contributed by atoms with van der Waals surface area (Å²) in [7, 11) is 1.56. The van der Waals surface area contributed by atoms with Gasteiger partial charge in [-0.3, -0.25) is 20.2 Å². The van der Waals surface area contributed by atoms with Crippen molar-refractivity contribution in [1.82, 2.24) is 10.6 Å². The molecule has 2 rings (SSSR count). The minimum Gasteiger partial charge on any atom is -0.497 e. The van der Waals surface area contributed by atoms with Crippen molar-refractivity contribution in [1.29, 1.82) is 0 Å². The highest BCUT2D eigenvalue weighted by atomic mass is 16.5. The first-order valence-electron chi connectivity index (χ1n) is 10.5. The van der Waals surface area contributed by atoms with Gasteiger partial charge in [0.15, 0.2) is 0 Å². The van der Waals surface area contributed by atoms with Crippen molar-refractivity contribution < 1.29 is 14.3 Å². The highest BCUT2D eigenvalue weighted by Gasteiger charge is 2.13. The quantitative estimate of drug-likeness (QED) is 0.226. The predicted octanol–water partition coefficient (Wildman–Crippen LogP) is 2.50. The molecule has 2 amide bonds. The Hall–Kier alpha value is -4.40. The van der Waals surface area contributed by atoms with E-state index in [0.717, 1.165) is 16.7 Å². The van der Waals surface area contributed by atoms with Crippen molar-refractivity contribution >= 4 is 35.9 Å². The van der Waals surface area contributed by atoms with E-state index in [1.54, 1.807) is 37.5 Å². The standard InChI is InChI=1S/C25H30N6O3/c1-25(2,3)19-9-5-7-17(15-19)11-13-21(32)28-24(31-30-23(26)27)29-22(33)14-12-18-8-6-10-20(16-18)34-4/h5-16H,1-4H3,(H4,26,27,30)(H2,28,29,31,32,33). The van der Waals surface area contributed by atoms with E-state index in [1.165, 1.54) is 12.2 Å². The van der Waals surface area contributed by atoms with Gasteiger partial charge in [-0.15, -0.1) is 10.2 Å². The van der Waals surface area contributed by atoms with Crippen LogP contribution in [0.1, 0.15) is 37.5 Å². The number of hydrogen-bond donors (Lipinski definition) is 4. The minimum absolute atomic E-state index is 0.0191. The molecule has 0 aromatic heterocycles. The third-order valence-electron chi connectivity index (χ3n) is 4.45. The summed E-state index contributed by atoms with van der Waals surface area (Å²) in [6, 6.07) is 15.0. The van der Waals surface area contributed by atoms with Gasteiger partial charge in [-0.05, 0) is 46.4 Å². The molecule has 0 spiro atoms. The lowest BCUT2D eigenvalue weighted by Crippen LogP contribution is -2.42. The topological polar surface area (TPSA) is 144 Å². The molecule has 0 fully saturated rings. The number of ether oxygens (including phenoxy) is 1. The molecule has 0 bridgehead atoms. The Morgan fingerprint density at radius 3 is 1.97 bits per heavy atom. The molecule has 0 aliphatic rings. The van der Waals surface area contributed by atoms with Gasteiger partial charge in [-0.25, -0.2) is 0 Å². The molecule has 9 nitrogen and oxygen atoms in total. The molecule has 0 radical (unpaired) electrons.